The molecule has 0 radical (unpaired) electrons. The summed E-state index contributed by atoms with van der Waals surface area (Å²) in [6.07, 6.45) is 0. The highest BCUT2D eigenvalue weighted by atomic mass is 79.9. The van der Waals surface area contributed by atoms with Crippen LogP contribution in [-0.4, -0.2) is 12.4 Å². The van der Waals surface area contributed by atoms with E-state index in [2.05, 4.69) is 15.9 Å². The normalized spacial score (nSPS) is 10.3. The molecule has 2 aromatic rings. The van der Waals surface area contributed by atoms with Gasteiger partial charge >= 0.3 is 0 Å². The maximum atomic E-state index is 12.9. The molecule has 0 spiro atoms. The average Bonchev–Trinajstić information content (AvgIpc) is 2.35. The van der Waals surface area contributed by atoms with Crippen molar-refractivity contribution in [1.29, 1.82) is 0 Å². The maximum Gasteiger partial charge on any atom is 0.200 e. The van der Waals surface area contributed by atoms with Gasteiger partial charge in [0, 0.05) is 28.2 Å². The van der Waals surface area contributed by atoms with Crippen molar-refractivity contribution in [2.24, 2.45) is 0 Å². The van der Waals surface area contributed by atoms with E-state index in [-0.39, 0.29) is 18.1 Å². The summed E-state index contributed by atoms with van der Waals surface area (Å²) >= 11 is 3.25. The second-order valence-electron chi connectivity index (χ2n) is 3.83. The minimum absolute atomic E-state index is 0.0131. The summed E-state index contributed by atoms with van der Waals surface area (Å²) < 4.78 is 31.7. The highest BCUT2D eigenvalue weighted by Gasteiger charge is 2.08. The van der Waals surface area contributed by atoms with E-state index < -0.39 is 11.6 Å². The van der Waals surface area contributed by atoms with Crippen LogP contribution in [0.15, 0.2) is 46.9 Å². The fourth-order valence-electron chi connectivity index (χ4n) is 1.51. The zero-order valence-electron chi connectivity index (χ0n) is 9.70. The highest BCUT2D eigenvalue weighted by Crippen LogP contribution is 2.16. The van der Waals surface area contributed by atoms with E-state index in [0.29, 0.717) is 5.56 Å². The van der Waals surface area contributed by atoms with Gasteiger partial charge in [-0.25, -0.2) is 8.78 Å². The fraction of sp³-hybridized carbons (Fsp3) is 0.0714. The van der Waals surface area contributed by atoms with E-state index in [1.165, 1.54) is 0 Å². The van der Waals surface area contributed by atoms with Crippen LogP contribution in [0.5, 0.6) is 5.75 Å². The first-order valence-electron chi connectivity index (χ1n) is 5.42. The Morgan fingerprint density at radius 1 is 1.11 bits per heavy atom. The molecule has 0 atom stereocenters. The lowest BCUT2D eigenvalue weighted by Crippen LogP contribution is -2.11. The minimum Gasteiger partial charge on any atom is -0.485 e. The molecule has 0 aliphatic heterocycles. The van der Waals surface area contributed by atoms with Gasteiger partial charge in [0.1, 0.15) is 17.4 Å². The van der Waals surface area contributed by atoms with Crippen molar-refractivity contribution in [1.82, 2.24) is 0 Å². The molecule has 0 heterocycles. The highest BCUT2D eigenvalue weighted by molar-refractivity contribution is 9.10. The molecule has 0 saturated heterocycles. The zero-order chi connectivity index (χ0) is 13.8. The SMILES string of the molecule is O=C(COc1cc(F)cc(F)c1)c1cccc(Br)c1. The summed E-state index contributed by atoms with van der Waals surface area (Å²) in [5.74, 6) is -1.78. The van der Waals surface area contributed by atoms with Crippen molar-refractivity contribution in [3.63, 3.8) is 0 Å². The first-order chi connectivity index (χ1) is 9.04. The molecule has 98 valence electrons. The molecular weight excluding hydrogens is 318 g/mol. The fourth-order valence-corrected chi connectivity index (χ4v) is 1.91. The smallest absolute Gasteiger partial charge is 0.200 e. The van der Waals surface area contributed by atoms with Crippen LogP contribution in [0.25, 0.3) is 0 Å². The van der Waals surface area contributed by atoms with E-state index in [9.17, 15) is 13.6 Å². The van der Waals surface area contributed by atoms with E-state index in [4.69, 9.17) is 4.74 Å². The number of ether oxygens (including phenoxy) is 1. The Morgan fingerprint density at radius 2 is 1.79 bits per heavy atom. The third kappa shape index (κ3) is 3.86. The molecule has 0 bridgehead atoms. The van der Waals surface area contributed by atoms with Gasteiger partial charge in [-0.3, -0.25) is 4.79 Å². The van der Waals surface area contributed by atoms with E-state index >= 15 is 0 Å². The standard InChI is InChI=1S/C14H9BrF2O2/c15-10-3-1-2-9(4-10)14(18)8-19-13-6-11(16)5-12(17)7-13/h1-7H,8H2. The Labute approximate surface area is 117 Å². The first kappa shape index (κ1) is 13.7. The molecule has 0 aliphatic rings. The van der Waals surface area contributed by atoms with Crippen molar-refractivity contribution in [2.75, 3.05) is 6.61 Å². The number of carbonyl (C=O) groups excluding carboxylic acids is 1. The molecule has 0 fully saturated rings. The number of hydrogen-bond donors (Lipinski definition) is 0. The summed E-state index contributed by atoms with van der Waals surface area (Å²) in [5.41, 5.74) is 0.464. The van der Waals surface area contributed by atoms with Crippen LogP contribution in [0.4, 0.5) is 8.78 Å². The molecule has 0 amide bonds. The minimum atomic E-state index is -0.745. The van der Waals surface area contributed by atoms with Crippen LogP contribution in [0.2, 0.25) is 0 Å². The van der Waals surface area contributed by atoms with E-state index in [1.807, 2.05) is 0 Å². The number of Topliss-reactive ketones (excluding diaryl/α,β-unsaturated/α-hetero) is 1. The predicted molar refractivity (Wildman–Crippen MR) is 70.3 cm³/mol. The van der Waals surface area contributed by atoms with Gasteiger partial charge in [-0.05, 0) is 12.1 Å². The second kappa shape index (κ2) is 5.93. The molecule has 0 saturated carbocycles. The van der Waals surface area contributed by atoms with Crippen molar-refractivity contribution in [3.05, 3.63) is 64.1 Å². The topological polar surface area (TPSA) is 26.3 Å². The van der Waals surface area contributed by atoms with Gasteiger partial charge in [0.2, 0.25) is 0 Å². The van der Waals surface area contributed by atoms with E-state index in [1.54, 1.807) is 24.3 Å². The molecule has 2 rings (SSSR count). The number of rotatable bonds is 4. The third-order valence-corrected chi connectivity index (χ3v) is 2.85. The molecular formula is C14H9BrF2O2. The maximum absolute atomic E-state index is 12.9. The predicted octanol–water partition coefficient (Wildman–Crippen LogP) is 3.99. The Hall–Kier alpha value is -1.75. The number of benzene rings is 2. The van der Waals surface area contributed by atoms with Crippen LogP contribution in [0.3, 0.4) is 0 Å². The van der Waals surface area contributed by atoms with Gasteiger partial charge in [0.15, 0.2) is 12.4 Å². The van der Waals surface area contributed by atoms with Crippen LogP contribution < -0.4 is 4.74 Å². The Morgan fingerprint density at radius 3 is 2.42 bits per heavy atom. The van der Waals surface area contributed by atoms with Crippen molar-refractivity contribution >= 4 is 21.7 Å². The first-order valence-corrected chi connectivity index (χ1v) is 6.21. The molecule has 2 aromatic carbocycles. The van der Waals surface area contributed by atoms with E-state index in [0.717, 1.165) is 22.7 Å². The number of carbonyl (C=O) groups is 1. The second-order valence-corrected chi connectivity index (χ2v) is 4.74. The summed E-state index contributed by atoms with van der Waals surface area (Å²) in [7, 11) is 0. The van der Waals surface area contributed by atoms with Crippen LogP contribution in [0.1, 0.15) is 10.4 Å². The van der Waals surface area contributed by atoms with Crippen LogP contribution in [-0.2, 0) is 0 Å². The zero-order valence-corrected chi connectivity index (χ0v) is 11.3. The van der Waals surface area contributed by atoms with Crippen molar-refractivity contribution in [3.8, 4) is 5.75 Å². The lowest BCUT2D eigenvalue weighted by atomic mass is 10.1. The van der Waals surface area contributed by atoms with Crippen LogP contribution >= 0.6 is 15.9 Å². The Balaban J connectivity index is 2.04. The molecule has 0 unspecified atom stereocenters. The quantitative estimate of drug-likeness (QED) is 0.794. The number of halogens is 3. The van der Waals surface area contributed by atoms with Gasteiger partial charge in [-0.15, -0.1) is 0 Å². The number of ketones is 1. The van der Waals surface area contributed by atoms with Crippen molar-refractivity contribution < 1.29 is 18.3 Å². The lowest BCUT2D eigenvalue weighted by molar-refractivity contribution is 0.0921. The molecule has 0 aromatic heterocycles. The van der Waals surface area contributed by atoms with Gasteiger partial charge in [-0.1, -0.05) is 28.1 Å². The molecule has 19 heavy (non-hydrogen) atoms. The number of hydrogen-bond acceptors (Lipinski definition) is 2. The summed E-state index contributed by atoms with van der Waals surface area (Å²) in [5, 5.41) is 0. The largest absolute Gasteiger partial charge is 0.485 e. The lowest BCUT2D eigenvalue weighted by Gasteiger charge is -2.06. The Bertz CT molecular complexity index is 594. The molecule has 2 nitrogen and oxygen atoms in total. The molecule has 5 heteroatoms. The summed E-state index contributed by atoms with van der Waals surface area (Å²) in [6.45, 7) is -0.278. The summed E-state index contributed by atoms with van der Waals surface area (Å²) in [4.78, 5) is 11.8. The van der Waals surface area contributed by atoms with Gasteiger partial charge < -0.3 is 4.74 Å². The Kier molecular flexibility index (Phi) is 4.27. The third-order valence-electron chi connectivity index (χ3n) is 2.35. The molecule has 0 aliphatic carbocycles. The molecule has 0 N–H and O–H groups in total. The van der Waals surface area contributed by atoms with Crippen LogP contribution in [0, 0.1) is 11.6 Å². The van der Waals surface area contributed by atoms with Crippen molar-refractivity contribution in [2.45, 2.75) is 0 Å². The average molecular weight is 327 g/mol. The van der Waals surface area contributed by atoms with Gasteiger partial charge in [0.25, 0.3) is 0 Å². The van der Waals surface area contributed by atoms with Gasteiger partial charge in [0.05, 0.1) is 0 Å². The monoisotopic (exact) mass is 326 g/mol. The summed E-state index contributed by atoms with van der Waals surface area (Å²) in [6, 6.07) is 9.59. The van der Waals surface area contributed by atoms with Gasteiger partial charge in [-0.2, -0.15) is 0 Å².